The van der Waals surface area contributed by atoms with Gasteiger partial charge in [-0.15, -0.1) is 11.3 Å². The Morgan fingerprint density at radius 3 is 2.85 bits per heavy atom. The van der Waals surface area contributed by atoms with E-state index in [0.717, 1.165) is 24.3 Å². The second-order valence-corrected chi connectivity index (χ2v) is 8.31. The first-order valence-corrected chi connectivity index (χ1v) is 9.87. The SMILES string of the molecule is CNc1nc2sccn2c1S(=O)(=O)NC1CCSCC1. The lowest BCUT2D eigenvalue weighted by Gasteiger charge is -2.22. The largest absolute Gasteiger partial charge is 0.371 e. The molecule has 1 saturated heterocycles. The van der Waals surface area contributed by atoms with E-state index < -0.39 is 10.0 Å². The molecule has 0 atom stereocenters. The zero-order valence-electron chi connectivity index (χ0n) is 11.0. The minimum atomic E-state index is -3.57. The highest BCUT2D eigenvalue weighted by Crippen LogP contribution is 2.26. The van der Waals surface area contributed by atoms with Gasteiger partial charge in [0.25, 0.3) is 10.0 Å². The molecule has 6 nitrogen and oxygen atoms in total. The molecule has 9 heteroatoms. The number of fused-ring (bicyclic) bond motifs is 1. The van der Waals surface area contributed by atoms with Crippen LogP contribution in [0.15, 0.2) is 16.6 Å². The van der Waals surface area contributed by atoms with Crippen molar-refractivity contribution >= 4 is 43.9 Å². The quantitative estimate of drug-likeness (QED) is 0.890. The van der Waals surface area contributed by atoms with Crippen molar-refractivity contribution in [3.8, 4) is 0 Å². The molecular weight excluding hydrogens is 316 g/mol. The highest BCUT2D eigenvalue weighted by atomic mass is 32.2. The van der Waals surface area contributed by atoms with Crippen molar-refractivity contribution in [3.05, 3.63) is 11.6 Å². The maximum atomic E-state index is 12.6. The van der Waals surface area contributed by atoms with E-state index in [-0.39, 0.29) is 11.1 Å². The van der Waals surface area contributed by atoms with Gasteiger partial charge in [-0.1, -0.05) is 0 Å². The van der Waals surface area contributed by atoms with E-state index >= 15 is 0 Å². The monoisotopic (exact) mass is 332 g/mol. The number of thiazole rings is 1. The van der Waals surface area contributed by atoms with Crippen LogP contribution in [-0.4, -0.2) is 42.4 Å². The highest BCUT2D eigenvalue weighted by molar-refractivity contribution is 7.99. The molecular formula is C11H16N4O2S3. The fraction of sp³-hybridized carbons (Fsp3) is 0.545. The lowest BCUT2D eigenvalue weighted by molar-refractivity contribution is 0.526. The molecule has 0 radical (unpaired) electrons. The summed E-state index contributed by atoms with van der Waals surface area (Å²) in [4.78, 5) is 4.97. The van der Waals surface area contributed by atoms with Crippen molar-refractivity contribution in [1.29, 1.82) is 0 Å². The van der Waals surface area contributed by atoms with Gasteiger partial charge in [-0.2, -0.15) is 11.8 Å². The first-order valence-electron chi connectivity index (χ1n) is 6.35. The zero-order chi connectivity index (χ0) is 14.2. The number of thioether (sulfide) groups is 1. The van der Waals surface area contributed by atoms with Gasteiger partial charge in [-0.25, -0.2) is 18.1 Å². The van der Waals surface area contributed by atoms with E-state index in [4.69, 9.17) is 0 Å². The van der Waals surface area contributed by atoms with Gasteiger partial charge in [0.1, 0.15) is 0 Å². The highest BCUT2D eigenvalue weighted by Gasteiger charge is 2.28. The topological polar surface area (TPSA) is 75.5 Å². The summed E-state index contributed by atoms with van der Waals surface area (Å²) in [6.07, 6.45) is 3.49. The van der Waals surface area contributed by atoms with Crippen LogP contribution in [0.4, 0.5) is 5.82 Å². The molecule has 0 unspecified atom stereocenters. The Bertz CT molecular complexity index is 700. The summed E-state index contributed by atoms with van der Waals surface area (Å²) >= 11 is 3.29. The number of nitrogens with one attached hydrogen (secondary N) is 2. The van der Waals surface area contributed by atoms with Crippen molar-refractivity contribution in [2.45, 2.75) is 23.9 Å². The standard InChI is InChI=1S/C11H16N4O2S3/c1-12-9-10(15-4-7-19-11(15)13-9)20(16,17)14-8-2-5-18-6-3-8/h4,7-8,12,14H,2-3,5-6H2,1H3. The number of aromatic nitrogens is 2. The van der Waals surface area contributed by atoms with Crippen LogP contribution in [0.5, 0.6) is 0 Å². The molecule has 0 aromatic carbocycles. The molecule has 0 bridgehead atoms. The van der Waals surface area contributed by atoms with Gasteiger partial charge in [0, 0.05) is 24.7 Å². The van der Waals surface area contributed by atoms with Crippen molar-refractivity contribution in [2.24, 2.45) is 0 Å². The Morgan fingerprint density at radius 1 is 1.40 bits per heavy atom. The van der Waals surface area contributed by atoms with E-state index in [2.05, 4.69) is 15.0 Å². The normalized spacial score (nSPS) is 17.6. The van der Waals surface area contributed by atoms with Crippen molar-refractivity contribution < 1.29 is 8.42 Å². The van der Waals surface area contributed by atoms with Gasteiger partial charge in [0.2, 0.25) is 0 Å². The van der Waals surface area contributed by atoms with E-state index in [1.54, 1.807) is 17.6 Å². The van der Waals surface area contributed by atoms with E-state index in [0.29, 0.717) is 10.8 Å². The summed E-state index contributed by atoms with van der Waals surface area (Å²) in [6, 6.07) is 0.0233. The Labute approximate surface area is 126 Å². The van der Waals surface area contributed by atoms with E-state index in [1.807, 2.05) is 17.1 Å². The number of hydrogen-bond donors (Lipinski definition) is 2. The molecule has 2 aromatic rings. The summed E-state index contributed by atoms with van der Waals surface area (Å²) in [5.74, 6) is 2.41. The molecule has 0 aliphatic carbocycles. The molecule has 0 spiro atoms. The lowest BCUT2D eigenvalue weighted by Crippen LogP contribution is -2.38. The molecule has 3 heterocycles. The third-order valence-electron chi connectivity index (χ3n) is 3.25. The zero-order valence-corrected chi connectivity index (χ0v) is 13.4. The Morgan fingerprint density at radius 2 is 2.15 bits per heavy atom. The van der Waals surface area contributed by atoms with E-state index in [1.165, 1.54) is 11.3 Å². The summed E-state index contributed by atoms with van der Waals surface area (Å²) in [7, 11) is -1.89. The fourth-order valence-corrected chi connectivity index (χ4v) is 5.75. The lowest BCUT2D eigenvalue weighted by atomic mass is 10.2. The minimum Gasteiger partial charge on any atom is -0.371 e. The van der Waals surface area contributed by atoms with Gasteiger partial charge < -0.3 is 5.32 Å². The molecule has 0 amide bonds. The number of sulfonamides is 1. The third-order valence-corrected chi connectivity index (χ3v) is 6.60. The summed E-state index contributed by atoms with van der Waals surface area (Å²) in [6.45, 7) is 0. The van der Waals surface area contributed by atoms with Crippen molar-refractivity contribution in [2.75, 3.05) is 23.9 Å². The van der Waals surface area contributed by atoms with Crippen LogP contribution in [0.3, 0.4) is 0 Å². The molecule has 1 fully saturated rings. The smallest absolute Gasteiger partial charge is 0.260 e. The maximum absolute atomic E-state index is 12.6. The summed E-state index contributed by atoms with van der Waals surface area (Å²) < 4.78 is 29.7. The first kappa shape index (κ1) is 14.2. The van der Waals surface area contributed by atoms with Crippen LogP contribution < -0.4 is 10.0 Å². The average Bonchev–Trinajstić information content (AvgIpc) is 2.98. The summed E-state index contributed by atoms with van der Waals surface area (Å²) in [5, 5.41) is 4.90. The second kappa shape index (κ2) is 5.55. The minimum absolute atomic E-state index is 0.0233. The molecule has 2 N–H and O–H groups in total. The van der Waals surface area contributed by atoms with E-state index in [9.17, 15) is 8.42 Å². The number of imidazole rings is 1. The van der Waals surface area contributed by atoms with Crippen LogP contribution in [0, 0.1) is 0 Å². The molecule has 20 heavy (non-hydrogen) atoms. The maximum Gasteiger partial charge on any atom is 0.260 e. The molecule has 3 rings (SSSR count). The molecule has 1 aliphatic heterocycles. The van der Waals surface area contributed by atoms with Crippen LogP contribution in [0.1, 0.15) is 12.8 Å². The van der Waals surface area contributed by atoms with Gasteiger partial charge >= 0.3 is 0 Å². The fourth-order valence-electron chi connectivity index (χ4n) is 2.28. The van der Waals surface area contributed by atoms with Crippen LogP contribution in [0.2, 0.25) is 0 Å². The van der Waals surface area contributed by atoms with Crippen LogP contribution >= 0.6 is 23.1 Å². The van der Waals surface area contributed by atoms with Crippen molar-refractivity contribution in [3.63, 3.8) is 0 Å². The number of nitrogens with zero attached hydrogens (tertiary/aromatic N) is 2. The Hall–Kier alpha value is -0.770. The Kier molecular flexibility index (Phi) is 3.93. The first-order chi connectivity index (χ1) is 9.62. The summed E-state index contributed by atoms with van der Waals surface area (Å²) in [5.41, 5.74) is 0. The second-order valence-electron chi connectivity index (χ2n) is 4.58. The van der Waals surface area contributed by atoms with Gasteiger partial charge in [0.05, 0.1) is 0 Å². The number of hydrogen-bond acceptors (Lipinski definition) is 6. The van der Waals surface area contributed by atoms with Crippen LogP contribution in [0.25, 0.3) is 4.96 Å². The van der Waals surface area contributed by atoms with Gasteiger partial charge in [-0.3, -0.25) is 4.40 Å². The molecule has 2 aromatic heterocycles. The predicted molar refractivity (Wildman–Crippen MR) is 83.3 cm³/mol. The number of anilines is 1. The molecule has 110 valence electrons. The van der Waals surface area contributed by atoms with Crippen LogP contribution in [-0.2, 0) is 10.0 Å². The average molecular weight is 332 g/mol. The predicted octanol–water partition coefficient (Wildman–Crippen LogP) is 1.61. The van der Waals surface area contributed by atoms with Crippen molar-refractivity contribution in [1.82, 2.24) is 14.1 Å². The molecule has 1 aliphatic rings. The number of rotatable bonds is 4. The van der Waals surface area contributed by atoms with Gasteiger partial charge in [-0.05, 0) is 24.3 Å². The van der Waals surface area contributed by atoms with Gasteiger partial charge in [0.15, 0.2) is 15.8 Å². The Balaban J connectivity index is 1.97. The third kappa shape index (κ3) is 2.54. The molecule has 0 saturated carbocycles.